The average molecular weight is 519 g/mol. The molecule has 0 aliphatic carbocycles. The van der Waals surface area contributed by atoms with Crippen molar-refractivity contribution in [2.45, 2.75) is 45.2 Å². The molecule has 0 fully saturated rings. The molecule has 6 nitrogen and oxygen atoms in total. The first-order valence-corrected chi connectivity index (χ1v) is 12.9. The highest BCUT2D eigenvalue weighted by atomic mass is 35.5. The van der Waals surface area contributed by atoms with E-state index in [-0.39, 0.29) is 17.4 Å². The molecule has 34 heavy (non-hydrogen) atoms. The number of halogens is 2. The summed E-state index contributed by atoms with van der Waals surface area (Å²) in [4.78, 5) is 24.0. The van der Waals surface area contributed by atoms with Crippen molar-refractivity contribution in [2.75, 3.05) is 12.3 Å². The van der Waals surface area contributed by atoms with E-state index in [0.29, 0.717) is 51.9 Å². The van der Waals surface area contributed by atoms with E-state index in [1.54, 1.807) is 18.2 Å². The molecule has 1 heterocycles. The molecule has 0 saturated carbocycles. The summed E-state index contributed by atoms with van der Waals surface area (Å²) >= 11 is 13.8. The van der Waals surface area contributed by atoms with Crippen LogP contribution in [0.15, 0.2) is 47.6 Å². The van der Waals surface area contributed by atoms with Gasteiger partial charge < -0.3 is 5.32 Å². The van der Waals surface area contributed by atoms with Gasteiger partial charge in [-0.15, -0.1) is 10.2 Å². The Hall–Kier alpha value is -2.35. The second-order valence-corrected chi connectivity index (χ2v) is 10.3. The van der Waals surface area contributed by atoms with Crippen LogP contribution in [0.5, 0.6) is 0 Å². The molecule has 9 heteroatoms. The smallest absolute Gasteiger partial charge is 0.216 e. The molecule has 0 saturated heterocycles. The predicted octanol–water partition coefficient (Wildman–Crippen LogP) is 5.82. The monoisotopic (exact) mass is 518 g/mol. The van der Waals surface area contributed by atoms with E-state index < -0.39 is 0 Å². The molecule has 0 aliphatic heterocycles. The van der Waals surface area contributed by atoms with Crippen LogP contribution in [0, 0.1) is 5.92 Å². The van der Waals surface area contributed by atoms with Crippen molar-refractivity contribution in [3.8, 4) is 5.69 Å². The largest absolute Gasteiger partial charge is 0.356 e. The lowest BCUT2D eigenvalue weighted by molar-refractivity contribution is -0.118. The zero-order chi connectivity index (χ0) is 24.7. The van der Waals surface area contributed by atoms with Crippen molar-refractivity contribution in [2.24, 2.45) is 5.92 Å². The molecule has 1 amide bonds. The first-order chi connectivity index (χ1) is 16.2. The number of carbonyl (C=O) groups is 2. The van der Waals surface area contributed by atoms with Crippen molar-refractivity contribution in [1.29, 1.82) is 0 Å². The molecule has 1 N–H and O–H groups in total. The van der Waals surface area contributed by atoms with Gasteiger partial charge in [-0.3, -0.25) is 14.2 Å². The van der Waals surface area contributed by atoms with Crippen LogP contribution >= 0.6 is 35.0 Å². The number of aromatic nitrogens is 3. The molecule has 3 rings (SSSR count). The fourth-order valence-corrected chi connectivity index (χ4v) is 4.89. The highest BCUT2D eigenvalue weighted by molar-refractivity contribution is 7.99. The summed E-state index contributed by atoms with van der Waals surface area (Å²) < 4.78 is 1.87. The van der Waals surface area contributed by atoms with E-state index in [2.05, 4.69) is 29.4 Å². The van der Waals surface area contributed by atoms with Crippen LogP contribution in [0.25, 0.3) is 5.69 Å². The Morgan fingerprint density at radius 1 is 1.06 bits per heavy atom. The molecule has 0 unspecified atom stereocenters. The highest BCUT2D eigenvalue weighted by Gasteiger charge is 2.17. The number of thioether (sulfide) groups is 1. The van der Waals surface area contributed by atoms with E-state index in [9.17, 15) is 9.59 Å². The zero-order valence-electron chi connectivity index (χ0n) is 19.5. The molecule has 0 radical (unpaired) electrons. The van der Waals surface area contributed by atoms with Gasteiger partial charge in [-0.05, 0) is 42.5 Å². The standard InChI is InChI=1S/C25H28Cl2N4O2S/c1-16(2)11-18-6-8-19(9-7-18)23(33)15-34-25-30-29-24(5-4-10-28-17(3)32)31(25)22-13-20(26)12-21(27)14-22/h6-9,12-14,16H,4-5,10-11,15H2,1-3H3,(H,28,32). The minimum atomic E-state index is -0.0740. The van der Waals surface area contributed by atoms with E-state index in [0.717, 1.165) is 12.1 Å². The van der Waals surface area contributed by atoms with Crippen molar-refractivity contribution < 1.29 is 9.59 Å². The van der Waals surface area contributed by atoms with E-state index in [1.807, 2.05) is 28.8 Å². The summed E-state index contributed by atoms with van der Waals surface area (Å²) in [5, 5.41) is 13.0. The van der Waals surface area contributed by atoms with Crippen LogP contribution in [-0.4, -0.2) is 38.8 Å². The summed E-state index contributed by atoms with van der Waals surface area (Å²) in [5.41, 5.74) is 2.62. The minimum Gasteiger partial charge on any atom is -0.356 e. The van der Waals surface area contributed by atoms with Crippen LogP contribution in [0.1, 0.15) is 48.9 Å². The first kappa shape index (κ1) is 26.3. The summed E-state index contributed by atoms with van der Waals surface area (Å²) in [6, 6.07) is 13.0. The normalized spacial score (nSPS) is 11.1. The number of ketones is 1. The van der Waals surface area contributed by atoms with Crippen LogP contribution in [0.3, 0.4) is 0 Å². The van der Waals surface area contributed by atoms with Crippen molar-refractivity contribution >= 4 is 46.7 Å². The Balaban J connectivity index is 1.77. The number of hydrogen-bond donors (Lipinski definition) is 1. The van der Waals surface area contributed by atoms with Gasteiger partial charge in [0.15, 0.2) is 10.9 Å². The third kappa shape index (κ3) is 7.58. The first-order valence-electron chi connectivity index (χ1n) is 11.1. The van der Waals surface area contributed by atoms with Gasteiger partial charge >= 0.3 is 0 Å². The second kappa shape index (κ2) is 12.4. The van der Waals surface area contributed by atoms with Crippen LogP contribution in [0.2, 0.25) is 10.0 Å². The lowest BCUT2D eigenvalue weighted by Crippen LogP contribution is -2.21. The average Bonchev–Trinajstić information content (AvgIpc) is 3.17. The van der Waals surface area contributed by atoms with Gasteiger partial charge in [0.1, 0.15) is 5.82 Å². The summed E-state index contributed by atoms with van der Waals surface area (Å²) in [6.45, 7) is 6.37. The Bertz CT molecular complexity index is 1130. The van der Waals surface area contributed by atoms with Gasteiger partial charge in [0.05, 0.1) is 11.4 Å². The van der Waals surface area contributed by atoms with Crippen LogP contribution in [-0.2, 0) is 17.6 Å². The maximum Gasteiger partial charge on any atom is 0.216 e. The minimum absolute atomic E-state index is 0.0204. The van der Waals surface area contributed by atoms with Gasteiger partial charge in [0.2, 0.25) is 5.91 Å². The van der Waals surface area contributed by atoms with Crippen molar-refractivity contribution in [1.82, 2.24) is 20.1 Å². The number of aryl methyl sites for hydroxylation is 1. The molecular formula is C25H28Cl2N4O2S. The maximum atomic E-state index is 12.8. The zero-order valence-corrected chi connectivity index (χ0v) is 21.8. The number of amides is 1. The van der Waals surface area contributed by atoms with Crippen LogP contribution in [0.4, 0.5) is 0 Å². The summed E-state index contributed by atoms with van der Waals surface area (Å²) in [7, 11) is 0. The molecule has 0 bridgehead atoms. The van der Waals surface area contributed by atoms with Gasteiger partial charge in [-0.25, -0.2) is 0 Å². The van der Waals surface area contributed by atoms with Gasteiger partial charge in [0, 0.05) is 35.5 Å². The number of Topliss-reactive ketones (excluding diaryl/α,β-unsaturated/α-hetero) is 1. The maximum absolute atomic E-state index is 12.8. The Morgan fingerprint density at radius 3 is 2.35 bits per heavy atom. The fraction of sp³-hybridized carbons (Fsp3) is 0.360. The molecule has 0 spiro atoms. The van der Waals surface area contributed by atoms with E-state index in [4.69, 9.17) is 23.2 Å². The van der Waals surface area contributed by atoms with E-state index in [1.165, 1.54) is 24.2 Å². The summed E-state index contributed by atoms with van der Waals surface area (Å²) in [6.07, 6.45) is 2.26. The van der Waals surface area contributed by atoms with Gasteiger partial charge in [0.25, 0.3) is 0 Å². The Labute approximate surface area is 214 Å². The SMILES string of the molecule is CC(=O)NCCCc1nnc(SCC(=O)c2ccc(CC(C)C)cc2)n1-c1cc(Cl)cc(Cl)c1. The molecule has 0 atom stereocenters. The number of rotatable bonds is 11. The number of nitrogens with one attached hydrogen (secondary N) is 1. The fourth-order valence-electron chi connectivity index (χ4n) is 3.51. The quantitative estimate of drug-likeness (QED) is 0.196. The number of carbonyl (C=O) groups excluding carboxylic acids is 2. The molecular weight excluding hydrogens is 491 g/mol. The molecule has 0 aliphatic rings. The molecule has 180 valence electrons. The summed E-state index contributed by atoms with van der Waals surface area (Å²) in [5.74, 6) is 1.44. The Kier molecular flexibility index (Phi) is 9.56. The predicted molar refractivity (Wildman–Crippen MR) is 138 cm³/mol. The van der Waals surface area contributed by atoms with Crippen molar-refractivity contribution in [3.63, 3.8) is 0 Å². The number of benzene rings is 2. The van der Waals surface area contributed by atoms with Crippen LogP contribution < -0.4 is 5.32 Å². The topological polar surface area (TPSA) is 76.9 Å². The third-order valence-electron chi connectivity index (χ3n) is 5.01. The second-order valence-electron chi connectivity index (χ2n) is 8.46. The molecule has 1 aromatic heterocycles. The Morgan fingerprint density at radius 2 is 1.74 bits per heavy atom. The highest BCUT2D eigenvalue weighted by Crippen LogP contribution is 2.28. The molecule has 3 aromatic rings. The van der Waals surface area contributed by atoms with Gasteiger partial charge in [-0.1, -0.05) is 73.1 Å². The lowest BCUT2D eigenvalue weighted by Gasteiger charge is -2.11. The van der Waals surface area contributed by atoms with Gasteiger partial charge in [-0.2, -0.15) is 0 Å². The number of nitrogens with zero attached hydrogens (tertiary/aromatic N) is 3. The third-order valence-corrected chi connectivity index (χ3v) is 6.37. The number of hydrogen-bond acceptors (Lipinski definition) is 5. The van der Waals surface area contributed by atoms with Crippen molar-refractivity contribution in [3.05, 3.63) is 69.5 Å². The molecule has 2 aromatic carbocycles. The lowest BCUT2D eigenvalue weighted by atomic mass is 10.0. The van der Waals surface area contributed by atoms with E-state index >= 15 is 0 Å².